The van der Waals surface area contributed by atoms with Crippen molar-refractivity contribution >= 4 is 15.0 Å². The van der Waals surface area contributed by atoms with E-state index in [9.17, 15) is 4.79 Å². The molecular weight excluding hydrogens is 292 g/mol. The van der Waals surface area contributed by atoms with E-state index in [0.717, 1.165) is 24.2 Å². The molecule has 0 fully saturated rings. The molecule has 4 heteroatoms. The molecule has 1 aliphatic rings. The van der Waals surface area contributed by atoms with Gasteiger partial charge in [-0.15, -0.1) is 0 Å². The number of rotatable bonds is 4. The van der Waals surface area contributed by atoms with Crippen molar-refractivity contribution in [2.24, 2.45) is 0 Å². The van der Waals surface area contributed by atoms with Crippen LogP contribution in [0.1, 0.15) is 49.5 Å². The van der Waals surface area contributed by atoms with E-state index in [0.29, 0.717) is 5.56 Å². The summed E-state index contributed by atoms with van der Waals surface area (Å²) in [4.78, 5) is 12.3. The van der Waals surface area contributed by atoms with Crippen molar-refractivity contribution in [2.75, 3.05) is 0 Å². The topological polar surface area (TPSA) is 35.5 Å². The minimum atomic E-state index is -0.751. The molecule has 1 aliphatic carbocycles. The van der Waals surface area contributed by atoms with Gasteiger partial charge in [-0.1, -0.05) is 32.9 Å². The third-order valence-corrected chi connectivity index (χ3v) is 4.28. The molecule has 0 bridgehead atoms. The average molecular weight is 317 g/mol. The quantitative estimate of drug-likeness (QED) is 0.608. The van der Waals surface area contributed by atoms with Crippen LogP contribution in [0.4, 0.5) is 0 Å². The fraction of sp³-hybridized carbons (Fsp3) is 0.500. The molecule has 0 saturated carbocycles. The summed E-state index contributed by atoms with van der Waals surface area (Å²) in [5.74, 6) is 0.715. The highest BCUT2D eigenvalue weighted by atomic mass is 28.3. The zero-order chi connectivity index (χ0) is 16.3. The van der Waals surface area contributed by atoms with E-state index in [1.807, 2.05) is 30.3 Å². The summed E-state index contributed by atoms with van der Waals surface area (Å²) >= 11 is 0. The van der Waals surface area contributed by atoms with Crippen molar-refractivity contribution < 1.29 is 14.0 Å². The molecule has 0 saturated heterocycles. The summed E-state index contributed by atoms with van der Waals surface area (Å²) in [6, 6.07) is 7.70. The van der Waals surface area contributed by atoms with Gasteiger partial charge in [0.15, 0.2) is 0 Å². The Morgan fingerprint density at radius 1 is 1.27 bits per heavy atom. The van der Waals surface area contributed by atoms with E-state index < -0.39 is 9.04 Å². The third-order valence-electron chi connectivity index (χ3n) is 3.60. The maximum absolute atomic E-state index is 12.3. The van der Waals surface area contributed by atoms with Crippen LogP contribution in [0.25, 0.3) is 0 Å². The lowest BCUT2D eigenvalue weighted by atomic mass is 9.86. The number of esters is 1. The maximum atomic E-state index is 12.3. The summed E-state index contributed by atoms with van der Waals surface area (Å²) < 4.78 is 11.4. The largest absolute Gasteiger partial charge is 0.546 e. The molecule has 1 atom stereocenters. The molecule has 0 heterocycles. The summed E-state index contributed by atoms with van der Waals surface area (Å²) in [5.41, 5.74) is 1.77. The van der Waals surface area contributed by atoms with Gasteiger partial charge in [0.1, 0.15) is 6.10 Å². The molecule has 119 valence electrons. The van der Waals surface area contributed by atoms with E-state index in [1.165, 1.54) is 0 Å². The second-order valence-electron chi connectivity index (χ2n) is 6.96. The molecular formula is C18H25O3Si. The number of hydrogen-bond donors (Lipinski definition) is 0. The van der Waals surface area contributed by atoms with E-state index in [2.05, 4.69) is 33.9 Å². The Labute approximate surface area is 135 Å². The first-order chi connectivity index (χ1) is 10.3. The smallest absolute Gasteiger partial charge is 0.338 e. The Morgan fingerprint density at radius 3 is 2.64 bits per heavy atom. The van der Waals surface area contributed by atoms with Crippen LogP contribution in [0, 0.1) is 0 Å². The van der Waals surface area contributed by atoms with Crippen LogP contribution >= 0.6 is 0 Å². The van der Waals surface area contributed by atoms with Crippen LogP contribution in [0.2, 0.25) is 13.1 Å². The average Bonchev–Trinajstić information content (AvgIpc) is 2.84. The van der Waals surface area contributed by atoms with E-state index in [1.54, 1.807) is 0 Å². The molecule has 1 unspecified atom stereocenters. The molecule has 1 aromatic carbocycles. The molecule has 0 N–H and O–H groups in total. The number of benzene rings is 1. The van der Waals surface area contributed by atoms with Gasteiger partial charge in [0.05, 0.1) is 11.3 Å². The Hall–Kier alpha value is -1.55. The van der Waals surface area contributed by atoms with Crippen molar-refractivity contribution in [3.63, 3.8) is 0 Å². The van der Waals surface area contributed by atoms with E-state index in [-0.39, 0.29) is 17.5 Å². The van der Waals surface area contributed by atoms with Crippen LogP contribution in [0.3, 0.4) is 0 Å². The summed E-state index contributed by atoms with van der Waals surface area (Å²) in [7, 11) is -0.751. The second-order valence-corrected chi connectivity index (χ2v) is 8.98. The molecule has 0 spiro atoms. The van der Waals surface area contributed by atoms with Crippen LogP contribution < -0.4 is 0 Å². The van der Waals surface area contributed by atoms with E-state index in [4.69, 9.17) is 9.16 Å². The zero-order valence-electron chi connectivity index (χ0n) is 14.1. The predicted octanol–water partition coefficient (Wildman–Crippen LogP) is 4.45. The minimum absolute atomic E-state index is 0.0191. The normalized spacial score (nSPS) is 18.3. The molecule has 0 aliphatic heterocycles. The molecule has 3 nitrogen and oxygen atoms in total. The number of carbonyl (C=O) groups excluding carboxylic acids is 1. The fourth-order valence-electron chi connectivity index (χ4n) is 2.42. The van der Waals surface area contributed by atoms with Crippen LogP contribution in [-0.4, -0.2) is 21.1 Å². The molecule has 22 heavy (non-hydrogen) atoms. The Balaban J connectivity index is 2.03. The number of ether oxygens (including phenoxy) is 1. The number of allylic oxidation sites excluding steroid dienone is 1. The van der Waals surface area contributed by atoms with Crippen molar-refractivity contribution in [3.8, 4) is 0 Å². The van der Waals surface area contributed by atoms with Crippen molar-refractivity contribution in [3.05, 3.63) is 47.2 Å². The van der Waals surface area contributed by atoms with Gasteiger partial charge in [0.25, 0.3) is 9.04 Å². The van der Waals surface area contributed by atoms with Gasteiger partial charge in [0.2, 0.25) is 0 Å². The summed E-state index contributed by atoms with van der Waals surface area (Å²) in [6.45, 7) is 10.6. The van der Waals surface area contributed by atoms with Crippen LogP contribution in [0.5, 0.6) is 0 Å². The summed E-state index contributed by atoms with van der Waals surface area (Å²) in [5, 5.41) is 0. The lowest BCUT2D eigenvalue weighted by molar-refractivity contribution is 0.0395. The van der Waals surface area contributed by atoms with Crippen molar-refractivity contribution in [2.45, 2.75) is 58.2 Å². The number of carbonyl (C=O) groups is 1. The van der Waals surface area contributed by atoms with Gasteiger partial charge in [-0.25, -0.2) is 4.79 Å². The highest BCUT2D eigenvalue weighted by Gasteiger charge is 2.23. The molecule has 1 radical (unpaired) electrons. The zero-order valence-corrected chi connectivity index (χ0v) is 15.1. The fourth-order valence-corrected chi connectivity index (χ4v) is 3.11. The lowest BCUT2D eigenvalue weighted by Crippen LogP contribution is -2.16. The van der Waals surface area contributed by atoms with Crippen LogP contribution in [0.15, 0.2) is 36.1 Å². The monoisotopic (exact) mass is 317 g/mol. The number of hydrogen-bond acceptors (Lipinski definition) is 3. The first-order valence-corrected chi connectivity index (χ1v) is 10.2. The molecule has 0 aromatic heterocycles. The second kappa shape index (κ2) is 6.69. The van der Waals surface area contributed by atoms with Gasteiger partial charge >= 0.3 is 5.97 Å². The van der Waals surface area contributed by atoms with Crippen LogP contribution in [-0.2, 0) is 14.6 Å². The first-order valence-electron chi connectivity index (χ1n) is 7.76. The maximum Gasteiger partial charge on any atom is 0.338 e. The third kappa shape index (κ3) is 4.47. The predicted molar refractivity (Wildman–Crippen MR) is 90.2 cm³/mol. The Morgan fingerprint density at radius 2 is 2.00 bits per heavy atom. The summed E-state index contributed by atoms with van der Waals surface area (Å²) in [6.07, 6.45) is 3.45. The van der Waals surface area contributed by atoms with E-state index >= 15 is 0 Å². The van der Waals surface area contributed by atoms with Gasteiger partial charge in [-0.05, 0) is 48.7 Å². The van der Waals surface area contributed by atoms with Gasteiger partial charge in [-0.3, -0.25) is 0 Å². The molecule has 0 amide bonds. The van der Waals surface area contributed by atoms with Gasteiger partial charge in [0, 0.05) is 6.42 Å². The highest BCUT2D eigenvalue weighted by Crippen LogP contribution is 2.25. The van der Waals surface area contributed by atoms with Gasteiger partial charge in [-0.2, -0.15) is 0 Å². The van der Waals surface area contributed by atoms with Gasteiger partial charge < -0.3 is 9.16 Å². The molecule has 2 rings (SSSR count). The Kier molecular flexibility index (Phi) is 5.11. The van der Waals surface area contributed by atoms with Crippen molar-refractivity contribution in [1.29, 1.82) is 0 Å². The first kappa shape index (κ1) is 16.8. The SMILES string of the molecule is C[Si](C)OC1=CC(OC(=O)c2cccc(C(C)(C)C)c2)CC1. The minimum Gasteiger partial charge on any atom is -0.546 e. The highest BCUT2D eigenvalue weighted by molar-refractivity contribution is 6.48. The lowest BCUT2D eigenvalue weighted by Gasteiger charge is -2.19. The molecule has 1 aromatic rings. The Bertz CT molecular complexity index is 570. The standard InChI is InChI=1S/C18H25O3Si/c1-18(2,3)14-8-6-7-13(11-14)17(19)20-15-9-10-16(12-15)21-22(4)5/h6-8,11-12,15H,9-10H2,1-5H3. The van der Waals surface area contributed by atoms with Crippen molar-refractivity contribution in [1.82, 2.24) is 0 Å².